The molecule has 0 amide bonds. The van der Waals surface area contributed by atoms with E-state index >= 15 is 0 Å². The molecule has 0 aromatic heterocycles. The Morgan fingerprint density at radius 2 is 0.286 bits per heavy atom. The molecule has 0 radical (unpaired) electrons. The Balaban J connectivity index is 1.36. The van der Waals surface area contributed by atoms with Crippen molar-refractivity contribution in [3.63, 3.8) is 0 Å². The van der Waals surface area contributed by atoms with Gasteiger partial charge in [-0.2, -0.15) is 25.3 Å². The average molecular weight is 1730 g/mol. The number of thiol groups is 2. The first-order valence-electron chi connectivity index (χ1n) is 39.8. The van der Waals surface area contributed by atoms with Crippen LogP contribution in [0.5, 0.6) is 0 Å². The van der Waals surface area contributed by atoms with Crippen LogP contribution in [0, 0.1) is 0 Å². The summed E-state index contributed by atoms with van der Waals surface area (Å²) >= 11 is 9.76. The maximum Gasteiger partial charge on any atom is 0.187 e. The molecule has 0 aromatic carbocycles. The smallest absolute Gasteiger partial charge is 0.187 e. The monoisotopic (exact) mass is 1730 g/mol. The fourth-order valence-corrected chi connectivity index (χ4v) is 15.8. The summed E-state index contributed by atoms with van der Waals surface area (Å²) in [5, 5.41) is 58.7. The third-order valence-corrected chi connectivity index (χ3v) is 20.8. The van der Waals surface area contributed by atoms with Crippen LogP contribution in [0.4, 0.5) is 0 Å². The van der Waals surface area contributed by atoms with Crippen LogP contribution in [0.15, 0.2) is 177 Å². The Hall–Kier alpha value is -4.26. The number of hydrogen-bond acceptors (Lipinski definition) is 35. The van der Waals surface area contributed by atoms with E-state index in [1.54, 1.807) is 0 Å². The van der Waals surface area contributed by atoms with Gasteiger partial charge in [-0.1, -0.05) is 85.1 Å². The van der Waals surface area contributed by atoms with Crippen LogP contribution >= 0.6 is 25.3 Å². The summed E-state index contributed by atoms with van der Waals surface area (Å²) in [6.45, 7) is 49.5. The number of rotatable bonds is 49. The van der Waals surface area contributed by atoms with Gasteiger partial charge in [0, 0.05) is 11.5 Å². The molecular formula is C84H126O33S2. The Morgan fingerprint density at radius 3 is 0.395 bits per heavy atom. The zero-order valence-electron chi connectivity index (χ0n) is 67.6. The normalized spacial score (nSPS) is 39.5. The molecule has 0 aliphatic carbocycles. The number of ether oxygens (including phenoxy) is 28. The molecule has 0 aromatic rings. The summed E-state index contributed by atoms with van der Waals surface area (Å²) in [6, 6.07) is 0. The quantitative estimate of drug-likeness (QED) is 0.0338. The maximum atomic E-state index is 11.7. The maximum absolute atomic E-state index is 11.7. The molecule has 5 N–H and O–H groups in total. The second-order valence-electron chi connectivity index (χ2n) is 28.0. The van der Waals surface area contributed by atoms with Crippen LogP contribution < -0.4 is 0 Å². The molecule has 35 atom stereocenters. The van der Waals surface area contributed by atoms with E-state index in [1.807, 2.05) is 0 Å². The highest BCUT2D eigenvalue weighted by Gasteiger charge is 2.63. The van der Waals surface area contributed by atoms with Gasteiger partial charge >= 0.3 is 0 Å². The molecule has 21 saturated heterocycles. The van der Waals surface area contributed by atoms with Crippen LogP contribution in [0.25, 0.3) is 0 Å². The van der Waals surface area contributed by atoms with Crippen LogP contribution in [0.2, 0.25) is 0 Å². The molecule has 0 saturated carbocycles. The fourth-order valence-electron chi connectivity index (χ4n) is 15.2. The highest BCUT2D eigenvalue weighted by Crippen LogP contribution is 2.44. The lowest BCUT2D eigenvalue weighted by Crippen LogP contribution is -2.69. The van der Waals surface area contributed by atoms with Gasteiger partial charge in [-0.05, 0) is 0 Å². The van der Waals surface area contributed by atoms with Crippen molar-refractivity contribution in [1.29, 1.82) is 0 Å². The predicted octanol–water partition coefficient (Wildman–Crippen LogP) is 3.59. The van der Waals surface area contributed by atoms with Gasteiger partial charge in [0.2, 0.25) is 0 Å². The van der Waals surface area contributed by atoms with Gasteiger partial charge in [0.25, 0.3) is 0 Å². The van der Waals surface area contributed by atoms with Gasteiger partial charge in [-0.15, -0.1) is 92.1 Å². The van der Waals surface area contributed by atoms with Crippen molar-refractivity contribution < 1.29 is 158 Å². The van der Waals surface area contributed by atoms with E-state index in [4.69, 9.17) is 158 Å². The fraction of sp³-hybridized carbons (Fsp3) is 0.667. The third-order valence-electron chi connectivity index (χ3n) is 20.1. The SMILES string of the molecule is C=CCO[C@@H]1[C@@H](OCC=C)[C@H]2O[C@H]3[C@H](OCC=C)[C@@H](OCC=C)[C@@H](O[C@H]4[C@H](OCC=C)[C@@H](OCC=C)[C@@H](O[C@H]5[C@H](OCC=C)[C@@H](OCC=C)[C@@H](O[C@H]6[C@H](OCC=C)[C@@H](OCC=C)[C@@H](O[C@H]7[C@H](OCC=C)[C@@H](OCC=C)[C@@H](O[C@H]8[C@H](OCC=C)[C@@H](OCC=C)[C@@H](O[C@@H]1[C@@H](CO)O2)O[C@@H]8CO)O[C@@H]7CO)O[C@@H]6CS)O[C@@H]5CS)O[C@@H]4CO)O[C@@H]3CO. The van der Waals surface area contributed by atoms with Gasteiger partial charge in [-0.25, -0.2) is 0 Å². The Bertz CT molecular complexity index is 2520. The molecule has 14 bridgehead atoms. The van der Waals surface area contributed by atoms with Gasteiger partial charge in [0.05, 0.1) is 138 Å². The summed E-state index contributed by atoms with van der Waals surface area (Å²) in [5.74, 6) is -0.159. The zero-order valence-corrected chi connectivity index (χ0v) is 69.4. The molecule has 35 heteroatoms. The predicted molar refractivity (Wildman–Crippen MR) is 437 cm³/mol. The van der Waals surface area contributed by atoms with Gasteiger partial charge in [-0.3, -0.25) is 0 Å². The van der Waals surface area contributed by atoms with Crippen molar-refractivity contribution in [3.05, 3.63) is 177 Å². The van der Waals surface area contributed by atoms with E-state index in [9.17, 15) is 25.5 Å². The summed E-state index contributed by atoms with van der Waals surface area (Å²) in [6.07, 6.45) is -26.6. The number of hydrogen-bond donors (Lipinski definition) is 7. The van der Waals surface area contributed by atoms with Crippen LogP contribution in [-0.4, -0.2) is 378 Å². The first kappa shape index (κ1) is 100. The number of aliphatic hydroxyl groups is 5. The molecular weight excluding hydrogens is 1600 g/mol. The molecule has 21 aliphatic rings. The Labute approximate surface area is 709 Å². The van der Waals surface area contributed by atoms with Crippen molar-refractivity contribution in [1.82, 2.24) is 0 Å². The minimum Gasteiger partial charge on any atom is -0.394 e. The first-order valence-corrected chi connectivity index (χ1v) is 41.0. The molecule has 21 fully saturated rings. The van der Waals surface area contributed by atoms with E-state index in [-0.39, 0.29) is 104 Å². The first-order chi connectivity index (χ1) is 58.2. The van der Waals surface area contributed by atoms with E-state index < -0.39 is 248 Å². The summed E-state index contributed by atoms with van der Waals surface area (Å²) in [4.78, 5) is 0. The summed E-state index contributed by atoms with van der Waals surface area (Å²) < 4.78 is 191. The van der Waals surface area contributed by atoms with Gasteiger partial charge < -0.3 is 158 Å². The van der Waals surface area contributed by atoms with Crippen molar-refractivity contribution in [3.8, 4) is 0 Å². The third kappa shape index (κ3) is 26.0. The van der Waals surface area contributed by atoms with E-state index in [1.165, 1.54) is 85.1 Å². The standard InChI is InChI=1S/C84H126O33S2/c1-15-29-90-64-57-50(43-85)104-78(71(64)97-36-22-8)112-58-51(44-86)106-80(73(99-38-24-10)65(58)91-30-16-2)114-60-53(46-88)108-82(75(101-40-26-12)67(60)93-32-18-4)116-62-55(48-118)110-84(77(103-42-28-14)69(62)95-34-20-6)117-63-56(49-119)109-83(76(102-41-27-13)70(63)96-35-21-7)115-61-54(47-89)107-81(74(100-39-25-11)68(61)94-33-19-5)113-59-52(45-87)105-79(111-57)72(98-37-23-9)66(59)92-31-17-3/h15-28,50-89,118-119H,1-14,29-49H2/t50-,51-,52-,53-,54-,55-,56-,57-,58-,59-,60-,61-,62-,63-,64+,65+,66+,67+,68+,69+,70+,71-,72-,73-,74-,75-,76-,77-,78-,79-,80-,81-,82-,83-,84-/m1/s1. The molecule has 21 heterocycles. The average Bonchev–Trinajstić information content (AvgIpc) is 0.806. The Morgan fingerprint density at radius 1 is 0.176 bits per heavy atom. The topological polar surface area (TPSA) is 360 Å². The van der Waals surface area contributed by atoms with E-state index in [2.05, 4.69) is 92.1 Å². The lowest BCUT2D eigenvalue weighted by molar-refractivity contribution is -0.405. The van der Waals surface area contributed by atoms with Crippen LogP contribution in [0.1, 0.15) is 0 Å². The van der Waals surface area contributed by atoms with E-state index in [0.717, 1.165) is 0 Å². The zero-order chi connectivity index (χ0) is 85.8. The summed E-state index contributed by atoms with van der Waals surface area (Å²) in [5.41, 5.74) is 0. The van der Waals surface area contributed by atoms with Crippen molar-refractivity contribution in [2.24, 2.45) is 0 Å². The lowest BCUT2D eigenvalue weighted by atomic mass is 9.94. The second-order valence-corrected chi connectivity index (χ2v) is 28.7. The molecule has 0 unspecified atom stereocenters. The van der Waals surface area contributed by atoms with Crippen molar-refractivity contribution in [2.45, 2.75) is 215 Å². The largest absolute Gasteiger partial charge is 0.394 e. The summed E-state index contributed by atoms with van der Waals surface area (Å²) in [7, 11) is 0. The molecule has 119 heavy (non-hydrogen) atoms. The Kier molecular flexibility index (Phi) is 45.4. The van der Waals surface area contributed by atoms with Crippen molar-refractivity contribution >= 4 is 25.3 Å². The van der Waals surface area contributed by atoms with Crippen LogP contribution in [0.3, 0.4) is 0 Å². The highest BCUT2D eigenvalue weighted by molar-refractivity contribution is 7.80. The van der Waals surface area contributed by atoms with Gasteiger partial charge in [0.1, 0.15) is 159 Å². The molecule has 33 nitrogen and oxygen atoms in total. The molecule has 21 rings (SSSR count). The van der Waals surface area contributed by atoms with Crippen LogP contribution in [-0.2, 0) is 133 Å². The van der Waals surface area contributed by atoms with Gasteiger partial charge in [0.15, 0.2) is 44.0 Å². The van der Waals surface area contributed by atoms with Crippen molar-refractivity contribution in [2.75, 3.05) is 137 Å². The minimum absolute atomic E-state index is 0.0795. The van der Waals surface area contributed by atoms with E-state index in [0.29, 0.717) is 0 Å². The number of aliphatic hydroxyl groups excluding tert-OH is 5. The molecule has 0 spiro atoms. The second kappa shape index (κ2) is 53.9. The lowest BCUT2D eigenvalue weighted by Gasteiger charge is -2.53. The highest BCUT2D eigenvalue weighted by atomic mass is 32.1. The minimum atomic E-state index is -1.59. The molecule has 21 aliphatic heterocycles. The molecule has 672 valence electrons.